The maximum absolute atomic E-state index is 12.5. The number of thiophene rings is 1. The van der Waals surface area contributed by atoms with Gasteiger partial charge in [0.1, 0.15) is 4.88 Å². The van der Waals surface area contributed by atoms with Gasteiger partial charge in [0.2, 0.25) is 0 Å². The molecular weight excluding hydrogens is 466 g/mol. The Kier molecular flexibility index (Phi) is 6.90. The Hall–Kier alpha value is -3.43. The SMILES string of the molecule is O=C(OCC(=O)N1CCN(c2ccc([N+](=O)[O-])cc2)CC1)c1ccc(-c2ccc(Cl)cc2)s1. The standard InChI is InChI=1S/C23H20ClN3O5S/c24-17-3-1-16(2-4-17)20-9-10-21(33-20)23(29)32-15-22(28)26-13-11-25(12-14-26)18-5-7-19(8-6-18)27(30)31/h1-10H,11-15H2. The maximum atomic E-state index is 12.5. The molecule has 0 saturated carbocycles. The van der Waals surface area contributed by atoms with E-state index in [9.17, 15) is 19.7 Å². The number of nitrogens with zero attached hydrogens (tertiary/aromatic N) is 3. The molecular formula is C23H20ClN3O5S. The molecule has 0 unspecified atom stereocenters. The van der Waals surface area contributed by atoms with Crippen molar-refractivity contribution in [3.05, 3.63) is 80.7 Å². The van der Waals surface area contributed by atoms with Crippen molar-refractivity contribution in [2.75, 3.05) is 37.7 Å². The average Bonchev–Trinajstić information content (AvgIpc) is 3.33. The molecule has 4 rings (SSSR count). The number of halogens is 1. The van der Waals surface area contributed by atoms with E-state index >= 15 is 0 Å². The molecule has 33 heavy (non-hydrogen) atoms. The number of nitro groups is 1. The van der Waals surface area contributed by atoms with Gasteiger partial charge in [-0.1, -0.05) is 23.7 Å². The third kappa shape index (κ3) is 5.50. The van der Waals surface area contributed by atoms with Gasteiger partial charge in [0.05, 0.1) is 4.92 Å². The number of non-ortho nitro benzene ring substituents is 1. The smallest absolute Gasteiger partial charge is 0.348 e. The van der Waals surface area contributed by atoms with Crippen molar-refractivity contribution in [3.63, 3.8) is 0 Å². The number of rotatable bonds is 6. The summed E-state index contributed by atoms with van der Waals surface area (Å²) in [7, 11) is 0. The summed E-state index contributed by atoms with van der Waals surface area (Å²) in [5.41, 5.74) is 1.86. The molecule has 10 heteroatoms. The highest BCUT2D eigenvalue weighted by Crippen LogP contribution is 2.29. The summed E-state index contributed by atoms with van der Waals surface area (Å²) in [4.78, 5) is 40.3. The molecule has 3 aromatic rings. The fourth-order valence-electron chi connectivity index (χ4n) is 3.51. The van der Waals surface area contributed by atoms with Crippen LogP contribution in [0.15, 0.2) is 60.7 Å². The molecule has 0 bridgehead atoms. The summed E-state index contributed by atoms with van der Waals surface area (Å²) in [6, 6.07) is 17.2. The summed E-state index contributed by atoms with van der Waals surface area (Å²) in [6.07, 6.45) is 0. The van der Waals surface area contributed by atoms with Crippen LogP contribution in [0, 0.1) is 10.1 Å². The summed E-state index contributed by atoms with van der Waals surface area (Å²) in [5.74, 6) is -0.778. The Labute approximate surface area is 199 Å². The Morgan fingerprint density at radius 3 is 2.27 bits per heavy atom. The number of piperazine rings is 1. The first-order chi connectivity index (χ1) is 15.9. The minimum atomic E-state index is -0.530. The number of amides is 1. The predicted octanol–water partition coefficient (Wildman–Crippen LogP) is 4.48. The number of ether oxygens (including phenoxy) is 1. The lowest BCUT2D eigenvalue weighted by Gasteiger charge is -2.36. The second kappa shape index (κ2) is 10.0. The van der Waals surface area contributed by atoms with Crippen LogP contribution in [0.1, 0.15) is 9.67 Å². The highest BCUT2D eigenvalue weighted by atomic mass is 35.5. The van der Waals surface area contributed by atoms with Gasteiger partial charge in [-0.15, -0.1) is 11.3 Å². The van der Waals surface area contributed by atoms with Gasteiger partial charge in [0, 0.05) is 53.9 Å². The molecule has 1 fully saturated rings. The van der Waals surface area contributed by atoms with E-state index in [-0.39, 0.29) is 18.2 Å². The van der Waals surface area contributed by atoms with Crippen LogP contribution >= 0.6 is 22.9 Å². The van der Waals surface area contributed by atoms with Crippen LogP contribution in [0.3, 0.4) is 0 Å². The van der Waals surface area contributed by atoms with Crippen LogP contribution in [0.4, 0.5) is 11.4 Å². The topological polar surface area (TPSA) is 93.0 Å². The van der Waals surface area contributed by atoms with E-state index in [1.54, 1.807) is 35.2 Å². The molecule has 170 valence electrons. The second-order valence-corrected chi connectivity index (χ2v) is 8.91. The highest BCUT2D eigenvalue weighted by Gasteiger charge is 2.23. The van der Waals surface area contributed by atoms with E-state index in [4.69, 9.17) is 16.3 Å². The second-order valence-electron chi connectivity index (χ2n) is 7.39. The average molecular weight is 486 g/mol. The van der Waals surface area contributed by atoms with Crippen molar-refractivity contribution in [2.45, 2.75) is 0 Å². The van der Waals surface area contributed by atoms with Crippen molar-refractivity contribution in [2.24, 2.45) is 0 Å². The van der Waals surface area contributed by atoms with Crippen LogP contribution in [-0.4, -0.2) is 54.5 Å². The largest absolute Gasteiger partial charge is 0.451 e. The third-order valence-electron chi connectivity index (χ3n) is 5.32. The van der Waals surface area contributed by atoms with Crippen molar-refractivity contribution in [1.82, 2.24) is 4.90 Å². The van der Waals surface area contributed by atoms with Gasteiger partial charge in [-0.05, 0) is 42.0 Å². The molecule has 0 radical (unpaired) electrons. The third-order valence-corrected chi connectivity index (χ3v) is 6.69. The summed E-state index contributed by atoms with van der Waals surface area (Å²) in [5, 5.41) is 11.4. The zero-order valence-electron chi connectivity index (χ0n) is 17.5. The maximum Gasteiger partial charge on any atom is 0.348 e. The predicted molar refractivity (Wildman–Crippen MR) is 127 cm³/mol. The summed E-state index contributed by atoms with van der Waals surface area (Å²) >= 11 is 7.21. The molecule has 0 spiro atoms. The van der Waals surface area contributed by atoms with Crippen molar-refractivity contribution in [1.29, 1.82) is 0 Å². The zero-order chi connectivity index (χ0) is 23.4. The normalized spacial score (nSPS) is 13.6. The van der Waals surface area contributed by atoms with Crippen LogP contribution in [0.2, 0.25) is 5.02 Å². The lowest BCUT2D eigenvalue weighted by atomic mass is 10.2. The quantitative estimate of drug-likeness (QED) is 0.290. The molecule has 0 N–H and O–H groups in total. The monoisotopic (exact) mass is 485 g/mol. The first-order valence-electron chi connectivity index (χ1n) is 10.2. The molecule has 1 saturated heterocycles. The molecule has 1 amide bonds. The fraction of sp³-hybridized carbons (Fsp3) is 0.217. The van der Waals surface area contributed by atoms with Gasteiger partial charge in [0.25, 0.3) is 11.6 Å². The number of nitro benzene ring substituents is 1. The van der Waals surface area contributed by atoms with E-state index in [1.165, 1.54) is 23.5 Å². The van der Waals surface area contributed by atoms with Crippen LogP contribution in [0.5, 0.6) is 0 Å². The summed E-state index contributed by atoms with van der Waals surface area (Å²) in [6.45, 7) is 1.82. The molecule has 1 aliphatic rings. The van der Waals surface area contributed by atoms with E-state index in [0.717, 1.165) is 16.1 Å². The van der Waals surface area contributed by atoms with Crippen molar-refractivity contribution in [3.8, 4) is 10.4 Å². The Balaban J connectivity index is 1.26. The van der Waals surface area contributed by atoms with Gasteiger partial charge in [-0.2, -0.15) is 0 Å². The number of hydrogen-bond donors (Lipinski definition) is 0. The fourth-order valence-corrected chi connectivity index (χ4v) is 4.54. The number of esters is 1. The highest BCUT2D eigenvalue weighted by molar-refractivity contribution is 7.17. The number of hydrogen-bond acceptors (Lipinski definition) is 7. The number of carbonyl (C=O) groups excluding carboxylic acids is 2. The van der Waals surface area contributed by atoms with Gasteiger partial charge >= 0.3 is 5.97 Å². The molecule has 8 nitrogen and oxygen atoms in total. The Bertz CT molecular complexity index is 1160. The first-order valence-corrected chi connectivity index (χ1v) is 11.4. The molecule has 2 heterocycles. The number of carbonyl (C=O) groups is 2. The molecule has 2 aromatic carbocycles. The van der Waals surface area contributed by atoms with E-state index in [0.29, 0.717) is 36.1 Å². The Morgan fingerprint density at radius 2 is 1.64 bits per heavy atom. The number of anilines is 1. The van der Waals surface area contributed by atoms with Crippen LogP contribution < -0.4 is 4.90 Å². The van der Waals surface area contributed by atoms with Crippen LogP contribution in [0.25, 0.3) is 10.4 Å². The van der Waals surface area contributed by atoms with E-state index in [2.05, 4.69) is 4.90 Å². The first kappa shape index (κ1) is 22.8. The Morgan fingerprint density at radius 1 is 0.970 bits per heavy atom. The summed E-state index contributed by atoms with van der Waals surface area (Å²) < 4.78 is 5.24. The van der Waals surface area contributed by atoms with Gasteiger partial charge in [-0.3, -0.25) is 14.9 Å². The minimum Gasteiger partial charge on any atom is -0.451 e. The zero-order valence-corrected chi connectivity index (χ0v) is 19.1. The van der Waals surface area contributed by atoms with Gasteiger partial charge in [-0.25, -0.2) is 4.79 Å². The van der Waals surface area contributed by atoms with Crippen LogP contribution in [-0.2, 0) is 9.53 Å². The van der Waals surface area contributed by atoms with Gasteiger partial charge < -0.3 is 14.5 Å². The number of benzene rings is 2. The molecule has 0 aliphatic carbocycles. The van der Waals surface area contributed by atoms with Gasteiger partial charge in [0.15, 0.2) is 6.61 Å². The van der Waals surface area contributed by atoms with Crippen molar-refractivity contribution >= 4 is 46.2 Å². The lowest BCUT2D eigenvalue weighted by molar-refractivity contribution is -0.384. The molecule has 1 aromatic heterocycles. The molecule has 1 aliphatic heterocycles. The van der Waals surface area contributed by atoms with Crippen molar-refractivity contribution < 1.29 is 19.2 Å². The molecule has 0 atom stereocenters. The minimum absolute atomic E-state index is 0.0420. The van der Waals surface area contributed by atoms with E-state index in [1.807, 2.05) is 18.2 Å². The van der Waals surface area contributed by atoms with E-state index < -0.39 is 10.9 Å². The lowest BCUT2D eigenvalue weighted by Crippen LogP contribution is -2.49.